The Labute approximate surface area is 135 Å². The third-order valence-corrected chi connectivity index (χ3v) is 5.43. The fourth-order valence-electron chi connectivity index (χ4n) is 3.19. The number of carbonyl (C=O) groups is 1. The van der Waals surface area contributed by atoms with Gasteiger partial charge >= 0.3 is 0 Å². The van der Waals surface area contributed by atoms with E-state index in [-0.39, 0.29) is 11.9 Å². The Hall–Kier alpha value is -1.65. The van der Waals surface area contributed by atoms with Crippen LogP contribution >= 0.6 is 11.3 Å². The molecule has 1 aromatic carbocycles. The lowest BCUT2D eigenvalue weighted by Crippen LogP contribution is -2.39. The van der Waals surface area contributed by atoms with Crippen LogP contribution in [-0.2, 0) is 0 Å². The van der Waals surface area contributed by atoms with Crippen molar-refractivity contribution in [1.29, 1.82) is 0 Å². The van der Waals surface area contributed by atoms with Gasteiger partial charge in [0.25, 0.3) is 5.91 Å². The molecular formula is C18H22N2OS. The van der Waals surface area contributed by atoms with Gasteiger partial charge in [-0.05, 0) is 49.2 Å². The number of aryl methyl sites for hydroxylation is 1. The summed E-state index contributed by atoms with van der Waals surface area (Å²) >= 11 is 1.51. The molecule has 3 nitrogen and oxygen atoms in total. The van der Waals surface area contributed by atoms with E-state index in [1.165, 1.54) is 16.9 Å². The van der Waals surface area contributed by atoms with Crippen LogP contribution < -0.4 is 11.1 Å². The maximum Gasteiger partial charge on any atom is 0.262 e. The van der Waals surface area contributed by atoms with Crippen molar-refractivity contribution in [2.24, 2.45) is 11.7 Å². The van der Waals surface area contributed by atoms with Crippen molar-refractivity contribution in [3.05, 3.63) is 46.2 Å². The second-order valence-corrected chi connectivity index (χ2v) is 6.95. The number of carbonyl (C=O) groups excluding carboxylic acids is 1. The summed E-state index contributed by atoms with van der Waals surface area (Å²) in [4.78, 5) is 13.4. The first-order valence-corrected chi connectivity index (χ1v) is 8.72. The number of thiophene rings is 1. The van der Waals surface area contributed by atoms with E-state index < -0.39 is 0 Å². The second-order valence-electron chi connectivity index (χ2n) is 6.04. The van der Waals surface area contributed by atoms with E-state index in [1.807, 2.05) is 11.4 Å². The Morgan fingerprint density at radius 3 is 2.77 bits per heavy atom. The van der Waals surface area contributed by atoms with E-state index >= 15 is 0 Å². The van der Waals surface area contributed by atoms with Crippen LogP contribution in [0.5, 0.6) is 0 Å². The summed E-state index contributed by atoms with van der Waals surface area (Å²) in [5.41, 5.74) is 9.14. The van der Waals surface area contributed by atoms with Gasteiger partial charge in [0.1, 0.15) is 0 Å². The van der Waals surface area contributed by atoms with Gasteiger partial charge in [-0.15, -0.1) is 11.3 Å². The molecule has 0 saturated heterocycles. The molecule has 1 aliphatic carbocycles. The smallest absolute Gasteiger partial charge is 0.262 e. The third kappa shape index (κ3) is 3.08. The summed E-state index contributed by atoms with van der Waals surface area (Å²) < 4.78 is 0. The van der Waals surface area contributed by atoms with Gasteiger partial charge in [-0.2, -0.15) is 0 Å². The van der Waals surface area contributed by atoms with Crippen molar-refractivity contribution in [3.63, 3.8) is 0 Å². The van der Waals surface area contributed by atoms with Crippen LogP contribution in [0.3, 0.4) is 0 Å². The third-order valence-electron chi connectivity index (χ3n) is 4.51. The number of amides is 1. The average molecular weight is 314 g/mol. The number of nitrogens with two attached hydrogens (primary N) is 1. The molecule has 1 fully saturated rings. The highest BCUT2D eigenvalue weighted by Crippen LogP contribution is 2.30. The van der Waals surface area contributed by atoms with Crippen LogP contribution in [0.1, 0.15) is 34.5 Å². The van der Waals surface area contributed by atoms with Crippen molar-refractivity contribution < 1.29 is 4.79 Å². The molecule has 2 aromatic rings. The van der Waals surface area contributed by atoms with Gasteiger partial charge in [0.05, 0.1) is 4.88 Å². The molecule has 4 heteroatoms. The van der Waals surface area contributed by atoms with Crippen molar-refractivity contribution >= 4 is 17.2 Å². The van der Waals surface area contributed by atoms with Gasteiger partial charge in [0.2, 0.25) is 0 Å². The van der Waals surface area contributed by atoms with Crippen LogP contribution in [0.25, 0.3) is 11.1 Å². The Morgan fingerprint density at radius 1 is 1.27 bits per heavy atom. The summed E-state index contributed by atoms with van der Waals surface area (Å²) in [6.07, 6.45) is 3.32. The summed E-state index contributed by atoms with van der Waals surface area (Å²) in [5, 5.41) is 5.18. The monoisotopic (exact) mass is 314 g/mol. The Morgan fingerprint density at radius 2 is 2.05 bits per heavy atom. The van der Waals surface area contributed by atoms with Gasteiger partial charge in [-0.1, -0.05) is 36.2 Å². The van der Waals surface area contributed by atoms with E-state index in [1.54, 1.807) is 0 Å². The van der Waals surface area contributed by atoms with Gasteiger partial charge in [-0.25, -0.2) is 0 Å². The zero-order chi connectivity index (χ0) is 15.5. The molecule has 1 aliphatic rings. The van der Waals surface area contributed by atoms with Crippen molar-refractivity contribution in [3.8, 4) is 11.1 Å². The first-order chi connectivity index (χ1) is 10.7. The summed E-state index contributed by atoms with van der Waals surface area (Å²) in [6, 6.07) is 10.6. The highest BCUT2D eigenvalue weighted by Gasteiger charge is 2.28. The minimum absolute atomic E-state index is 0.0379. The van der Waals surface area contributed by atoms with Crippen molar-refractivity contribution in [2.45, 2.75) is 32.2 Å². The van der Waals surface area contributed by atoms with Crippen molar-refractivity contribution in [2.75, 3.05) is 6.54 Å². The molecule has 116 valence electrons. The van der Waals surface area contributed by atoms with Gasteiger partial charge in [0.15, 0.2) is 0 Å². The molecule has 0 radical (unpaired) electrons. The van der Waals surface area contributed by atoms with E-state index in [0.717, 1.165) is 35.3 Å². The van der Waals surface area contributed by atoms with Crippen LogP contribution in [0.15, 0.2) is 35.7 Å². The molecule has 1 heterocycles. The second kappa shape index (κ2) is 6.63. The summed E-state index contributed by atoms with van der Waals surface area (Å²) in [6.45, 7) is 2.72. The predicted octanol–water partition coefficient (Wildman–Crippen LogP) is 3.58. The zero-order valence-corrected chi connectivity index (χ0v) is 13.7. The molecule has 2 unspecified atom stereocenters. The topological polar surface area (TPSA) is 55.1 Å². The average Bonchev–Trinajstić information content (AvgIpc) is 3.16. The van der Waals surface area contributed by atoms with Crippen LogP contribution in [0.2, 0.25) is 0 Å². The number of benzene rings is 1. The Bertz CT molecular complexity index is 647. The fourth-order valence-corrected chi connectivity index (χ4v) is 4.01. The lowest BCUT2D eigenvalue weighted by Gasteiger charge is -2.19. The maximum absolute atomic E-state index is 12.6. The molecule has 0 spiro atoms. The zero-order valence-electron chi connectivity index (χ0n) is 12.8. The van der Waals surface area contributed by atoms with Crippen LogP contribution in [0.4, 0.5) is 0 Å². The van der Waals surface area contributed by atoms with E-state index in [9.17, 15) is 4.79 Å². The number of nitrogens with one attached hydrogen (secondary N) is 1. The molecule has 1 aromatic heterocycles. The molecule has 3 rings (SSSR count). The lowest BCUT2D eigenvalue weighted by atomic mass is 10.0. The molecule has 0 aliphatic heterocycles. The molecule has 22 heavy (non-hydrogen) atoms. The Kier molecular flexibility index (Phi) is 4.60. The molecular weight excluding hydrogens is 292 g/mol. The van der Waals surface area contributed by atoms with Gasteiger partial charge in [0, 0.05) is 11.6 Å². The molecule has 1 amide bonds. The Balaban J connectivity index is 1.79. The van der Waals surface area contributed by atoms with Gasteiger partial charge < -0.3 is 11.1 Å². The minimum Gasteiger partial charge on any atom is -0.348 e. The fraction of sp³-hybridized carbons (Fsp3) is 0.389. The summed E-state index contributed by atoms with van der Waals surface area (Å²) in [7, 11) is 0. The quantitative estimate of drug-likeness (QED) is 0.906. The first-order valence-electron chi connectivity index (χ1n) is 7.84. The largest absolute Gasteiger partial charge is 0.348 e. The van der Waals surface area contributed by atoms with Crippen LogP contribution in [-0.4, -0.2) is 18.5 Å². The number of rotatable bonds is 4. The standard InChI is InChI=1S/C18H22N2OS/c1-12-5-7-13(8-6-12)15-9-10-22-17(15)18(21)20-16-4-2-3-14(16)11-19/h5-10,14,16H,2-4,11,19H2,1H3,(H,20,21). The number of hydrogen-bond acceptors (Lipinski definition) is 3. The highest BCUT2D eigenvalue weighted by atomic mass is 32.1. The normalized spacial score (nSPS) is 21.0. The molecule has 3 N–H and O–H groups in total. The van der Waals surface area contributed by atoms with E-state index in [4.69, 9.17) is 5.73 Å². The number of hydrogen-bond donors (Lipinski definition) is 2. The molecule has 0 bridgehead atoms. The maximum atomic E-state index is 12.6. The van der Waals surface area contributed by atoms with E-state index in [2.05, 4.69) is 36.5 Å². The molecule has 1 saturated carbocycles. The molecule has 2 atom stereocenters. The predicted molar refractivity (Wildman–Crippen MR) is 92.1 cm³/mol. The van der Waals surface area contributed by atoms with E-state index in [0.29, 0.717) is 12.5 Å². The SMILES string of the molecule is Cc1ccc(-c2ccsc2C(=O)NC2CCCC2CN)cc1. The summed E-state index contributed by atoms with van der Waals surface area (Å²) in [5.74, 6) is 0.461. The van der Waals surface area contributed by atoms with Crippen LogP contribution in [0, 0.1) is 12.8 Å². The van der Waals surface area contributed by atoms with Crippen molar-refractivity contribution in [1.82, 2.24) is 5.32 Å². The van der Waals surface area contributed by atoms with Gasteiger partial charge in [-0.3, -0.25) is 4.79 Å². The first kappa shape index (κ1) is 15.3. The highest BCUT2D eigenvalue weighted by molar-refractivity contribution is 7.12. The minimum atomic E-state index is 0.0379. The lowest BCUT2D eigenvalue weighted by molar-refractivity contribution is 0.0933.